The van der Waals surface area contributed by atoms with Gasteiger partial charge < -0.3 is 9.64 Å². The Bertz CT molecular complexity index is 1310. The fraction of sp³-hybridized carbons (Fsp3) is 0.500. The molecule has 0 bridgehead atoms. The molecular weight excluding hydrogens is 498 g/mol. The van der Waals surface area contributed by atoms with Crippen molar-refractivity contribution in [3.05, 3.63) is 77.0 Å². The summed E-state index contributed by atoms with van der Waals surface area (Å²) < 4.78 is 5.90. The summed E-state index contributed by atoms with van der Waals surface area (Å²) in [5.74, 6) is -0.429. The molecule has 2 aromatic carbocycles. The number of aromatic nitrogens is 1. The molecule has 1 amide bonds. The van der Waals surface area contributed by atoms with Gasteiger partial charge in [0.2, 0.25) is 0 Å². The molecule has 2 heterocycles. The van der Waals surface area contributed by atoms with E-state index in [1.54, 1.807) is 0 Å². The van der Waals surface area contributed by atoms with Crippen molar-refractivity contribution >= 4 is 22.8 Å². The molecule has 3 aliphatic rings. The average molecular weight is 540 g/mol. The zero-order chi connectivity index (χ0) is 27.3. The first-order chi connectivity index (χ1) is 19.7. The van der Waals surface area contributed by atoms with Gasteiger partial charge in [-0.25, -0.2) is 4.79 Å². The van der Waals surface area contributed by atoms with Gasteiger partial charge in [-0.05, 0) is 37.3 Å². The highest BCUT2D eigenvalue weighted by atomic mass is 16.5. The van der Waals surface area contributed by atoms with Crippen molar-refractivity contribution in [1.82, 2.24) is 14.8 Å². The molecule has 0 atom stereocenters. The minimum absolute atomic E-state index is 0.0231. The van der Waals surface area contributed by atoms with Crippen LogP contribution in [0.1, 0.15) is 91.4 Å². The molecule has 2 fully saturated rings. The summed E-state index contributed by atoms with van der Waals surface area (Å²) in [5.41, 5.74) is 4.54. The van der Waals surface area contributed by atoms with Gasteiger partial charge in [-0.3, -0.25) is 14.7 Å². The fourth-order valence-corrected chi connectivity index (χ4v) is 7.15. The van der Waals surface area contributed by atoms with Crippen LogP contribution >= 0.6 is 0 Å². The number of hydrogen-bond acceptors (Lipinski definition) is 5. The lowest BCUT2D eigenvalue weighted by molar-refractivity contribution is -0.141. The second-order valence-corrected chi connectivity index (χ2v) is 11.8. The molecule has 0 spiro atoms. The van der Waals surface area contributed by atoms with Crippen LogP contribution in [0.25, 0.3) is 10.9 Å². The summed E-state index contributed by atoms with van der Waals surface area (Å²) in [7, 11) is 0. The van der Waals surface area contributed by atoms with E-state index in [9.17, 15) is 9.59 Å². The molecule has 2 aliphatic carbocycles. The van der Waals surface area contributed by atoms with Crippen molar-refractivity contribution < 1.29 is 14.3 Å². The highest BCUT2D eigenvalue weighted by Gasteiger charge is 2.33. The maximum Gasteiger partial charge on any atom is 0.339 e. The normalized spacial score (nSPS) is 18.8. The van der Waals surface area contributed by atoms with E-state index in [1.165, 1.54) is 44.1 Å². The van der Waals surface area contributed by atoms with Gasteiger partial charge in [0.1, 0.15) is 0 Å². The highest BCUT2D eigenvalue weighted by Crippen LogP contribution is 2.32. The zero-order valence-corrected chi connectivity index (χ0v) is 23.5. The second-order valence-electron chi connectivity index (χ2n) is 11.8. The summed E-state index contributed by atoms with van der Waals surface area (Å²) in [6.45, 7) is 2.15. The molecule has 0 unspecified atom stereocenters. The van der Waals surface area contributed by atoms with Crippen molar-refractivity contribution in [2.45, 2.75) is 95.8 Å². The number of para-hydroxylation sites is 1. The highest BCUT2D eigenvalue weighted by molar-refractivity contribution is 6.05. The van der Waals surface area contributed by atoms with Crippen LogP contribution in [0, 0.1) is 0 Å². The molecule has 6 heteroatoms. The third-order valence-corrected chi connectivity index (χ3v) is 9.13. The number of carbonyl (C=O) groups is 2. The number of hydrogen-bond donors (Lipinski definition) is 0. The van der Waals surface area contributed by atoms with Crippen LogP contribution in [0.15, 0.2) is 54.6 Å². The number of fused-ring (bicyclic) bond motifs is 2. The Hall–Kier alpha value is -3.25. The molecule has 6 nitrogen and oxygen atoms in total. The number of amides is 1. The van der Waals surface area contributed by atoms with E-state index in [0.717, 1.165) is 67.4 Å². The van der Waals surface area contributed by atoms with E-state index in [0.29, 0.717) is 12.1 Å². The maximum atomic E-state index is 13.8. The van der Waals surface area contributed by atoms with Crippen molar-refractivity contribution in [3.63, 3.8) is 0 Å². The fourth-order valence-electron chi connectivity index (χ4n) is 7.15. The smallest absolute Gasteiger partial charge is 0.339 e. The lowest BCUT2D eigenvalue weighted by Gasteiger charge is -2.41. The lowest BCUT2D eigenvalue weighted by Crippen LogP contribution is -2.50. The number of ether oxygens (including phenoxy) is 1. The summed E-state index contributed by atoms with van der Waals surface area (Å²) >= 11 is 0. The van der Waals surface area contributed by atoms with Gasteiger partial charge in [-0.15, -0.1) is 0 Å². The van der Waals surface area contributed by atoms with E-state index < -0.39 is 5.97 Å². The minimum atomic E-state index is -0.406. The van der Waals surface area contributed by atoms with E-state index in [1.807, 2.05) is 30.3 Å². The Labute approximate surface area is 237 Å². The molecule has 0 N–H and O–H groups in total. The van der Waals surface area contributed by atoms with Crippen molar-refractivity contribution in [2.75, 3.05) is 13.2 Å². The summed E-state index contributed by atoms with van der Waals surface area (Å²) in [4.78, 5) is 37.0. The minimum Gasteiger partial charge on any atom is -0.452 e. The molecule has 2 saturated carbocycles. The lowest BCUT2D eigenvalue weighted by atomic mass is 9.88. The molecule has 0 radical (unpaired) electrons. The number of esters is 1. The topological polar surface area (TPSA) is 62.7 Å². The van der Waals surface area contributed by atoms with E-state index in [-0.39, 0.29) is 24.6 Å². The van der Waals surface area contributed by atoms with Gasteiger partial charge in [0, 0.05) is 54.8 Å². The monoisotopic (exact) mass is 539 g/mol. The Morgan fingerprint density at radius 1 is 0.850 bits per heavy atom. The SMILES string of the molecule is O=C(OCC(=O)N(C1CCCCC1)C1CCCCC1)c1c2c(nc3ccccc13)CCN(Cc1ccccc1)C2. The van der Waals surface area contributed by atoms with Gasteiger partial charge in [-0.1, -0.05) is 87.1 Å². The van der Waals surface area contributed by atoms with Crippen LogP contribution in [-0.2, 0) is 29.0 Å². The van der Waals surface area contributed by atoms with Crippen molar-refractivity contribution in [3.8, 4) is 0 Å². The van der Waals surface area contributed by atoms with E-state index in [2.05, 4.69) is 34.1 Å². The number of benzene rings is 2. The molecule has 40 heavy (non-hydrogen) atoms. The first kappa shape index (κ1) is 26.9. The van der Waals surface area contributed by atoms with Crippen LogP contribution in [0.5, 0.6) is 0 Å². The summed E-state index contributed by atoms with van der Waals surface area (Å²) in [6.07, 6.45) is 12.2. The molecule has 1 aromatic heterocycles. The van der Waals surface area contributed by atoms with Gasteiger partial charge in [0.25, 0.3) is 5.91 Å². The molecule has 0 saturated heterocycles. The van der Waals surface area contributed by atoms with Crippen LogP contribution < -0.4 is 0 Å². The average Bonchev–Trinajstić information content (AvgIpc) is 3.00. The first-order valence-electron chi connectivity index (χ1n) is 15.3. The Balaban J connectivity index is 1.23. The van der Waals surface area contributed by atoms with Crippen molar-refractivity contribution in [1.29, 1.82) is 0 Å². The largest absolute Gasteiger partial charge is 0.452 e. The third kappa shape index (κ3) is 5.92. The molecular formula is C34H41N3O3. The predicted molar refractivity (Wildman–Crippen MR) is 157 cm³/mol. The Morgan fingerprint density at radius 2 is 1.50 bits per heavy atom. The number of rotatable bonds is 7. The van der Waals surface area contributed by atoms with Gasteiger partial charge in [0.05, 0.1) is 11.1 Å². The Morgan fingerprint density at radius 3 is 2.20 bits per heavy atom. The van der Waals surface area contributed by atoms with E-state index in [4.69, 9.17) is 9.72 Å². The molecule has 210 valence electrons. The standard InChI is InChI=1S/C34H41N3O3/c38-32(37(26-14-6-2-7-15-26)27-16-8-3-9-17-27)24-40-34(39)33-28-18-10-11-19-30(28)35-31-20-21-36(23-29(31)33)22-25-12-4-1-5-13-25/h1,4-5,10-13,18-19,26-27H,2-3,6-9,14-17,20-24H2. The number of carbonyl (C=O) groups excluding carboxylic acids is 2. The van der Waals surface area contributed by atoms with Crippen LogP contribution in [0.3, 0.4) is 0 Å². The first-order valence-corrected chi connectivity index (χ1v) is 15.3. The van der Waals surface area contributed by atoms with Crippen molar-refractivity contribution in [2.24, 2.45) is 0 Å². The van der Waals surface area contributed by atoms with E-state index >= 15 is 0 Å². The van der Waals surface area contributed by atoms with Crippen LogP contribution in [0.2, 0.25) is 0 Å². The number of nitrogens with zero attached hydrogens (tertiary/aromatic N) is 3. The van der Waals surface area contributed by atoms with Gasteiger partial charge in [-0.2, -0.15) is 0 Å². The Kier molecular flexibility index (Phi) is 8.43. The van der Waals surface area contributed by atoms with Crippen LogP contribution in [0.4, 0.5) is 0 Å². The second kappa shape index (κ2) is 12.5. The maximum absolute atomic E-state index is 13.8. The van der Waals surface area contributed by atoms with Gasteiger partial charge >= 0.3 is 5.97 Å². The zero-order valence-electron chi connectivity index (χ0n) is 23.5. The molecule has 6 rings (SSSR count). The summed E-state index contributed by atoms with van der Waals surface area (Å²) in [5, 5.41) is 0.802. The molecule has 1 aliphatic heterocycles. The van der Waals surface area contributed by atoms with Gasteiger partial charge in [0.15, 0.2) is 6.61 Å². The molecule has 3 aromatic rings. The number of pyridine rings is 1. The quantitative estimate of drug-likeness (QED) is 0.323. The van der Waals surface area contributed by atoms with Crippen LogP contribution in [-0.4, -0.2) is 51.9 Å². The third-order valence-electron chi connectivity index (χ3n) is 9.13. The predicted octanol–water partition coefficient (Wildman–Crippen LogP) is 6.44. The summed E-state index contributed by atoms with van der Waals surface area (Å²) in [6, 6.07) is 18.8.